The fraction of sp³-hybridized carbons (Fsp3) is 0.462. The van der Waals surface area contributed by atoms with Crippen molar-refractivity contribution in [2.75, 3.05) is 0 Å². The van der Waals surface area contributed by atoms with Gasteiger partial charge in [0.15, 0.2) is 5.60 Å². The number of hydrogen-bond acceptors (Lipinski definition) is 2. The van der Waals surface area contributed by atoms with Gasteiger partial charge in [-0.25, -0.2) is 0 Å². The number of amides is 1. The van der Waals surface area contributed by atoms with Crippen LogP contribution in [-0.2, 0) is 10.4 Å². The van der Waals surface area contributed by atoms with E-state index in [-0.39, 0.29) is 18.3 Å². The molecule has 4 heteroatoms. The topological polar surface area (TPSA) is 63.3 Å². The highest BCUT2D eigenvalue weighted by molar-refractivity contribution is 5.85. The molecule has 0 aromatic heterocycles. The van der Waals surface area contributed by atoms with Crippen LogP contribution in [0.2, 0.25) is 0 Å². The number of hydrogen-bond donors (Lipinski definition) is 2. The van der Waals surface area contributed by atoms with Gasteiger partial charge in [0.25, 0.3) is 5.91 Å². The third-order valence-electron chi connectivity index (χ3n) is 3.54. The van der Waals surface area contributed by atoms with E-state index in [0.29, 0.717) is 5.56 Å². The lowest BCUT2D eigenvalue weighted by atomic mass is 9.79. The minimum atomic E-state index is -1.49. The predicted octanol–water partition coefficient (Wildman–Crippen LogP) is 1.97. The molecule has 1 atom stereocenters. The van der Waals surface area contributed by atoms with Crippen molar-refractivity contribution in [2.45, 2.75) is 31.3 Å². The van der Waals surface area contributed by atoms with Gasteiger partial charge in [-0.3, -0.25) is 4.79 Å². The van der Waals surface area contributed by atoms with Crippen LogP contribution in [0.15, 0.2) is 30.3 Å². The van der Waals surface area contributed by atoms with Crippen LogP contribution in [0.25, 0.3) is 0 Å². The van der Waals surface area contributed by atoms with Gasteiger partial charge in [0, 0.05) is 5.92 Å². The Hall–Kier alpha value is -1.06. The van der Waals surface area contributed by atoms with Crippen molar-refractivity contribution in [2.24, 2.45) is 11.7 Å². The van der Waals surface area contributed by atoms with E-state index in [1.165, 1.54) is 0 Å². The summed E-state index contributed by atoms with van der Waals surface area (Å²) < 4.78 is 0. The molecule has 1 fully saturated rings. The lowest BCUT2D eigenvalue weighted by Gasteiger charge is -2.31. The molecule has 94 valence electrons. The smallest absolute Gasteiger partial charge is 0.254 e. The number of carbonyl (C=O) groups excluding carboxylic acids is 1. The van der Waals surface area contributed by atoms with Gasteiger partial charge in [-0.2, -0.15) is 0 Å². The second-order valence-electron chi connectivity index (χ2n) is 4.48. The maximum absolute atomic E-state index is 11.6. The van der Waals surface area contributed by atoms with Crippen LogP contribution in [0, 0.1) is 5.92 Å². The molecule has 1 unspecified atom stereocenters. The zero-order valence-electron chi connectivity index (χ0n) is 9.63. The first-order valence-electron chi connectivity index (χ1n) is 5.73. The highest BCUT2D eigenvalue weighted by Crippen LogP contribution is 2.40. The Morgan fingerprint density at radius 3 is 2.24 bits per heavy atom. The third kappa shape index (κ3) is 2.45. The van der Waals surface area contributed by atoms with Crippen LogP contribution in [0.4, 0.5) is 0 Å². The fourth-order valence-electron chi connectivity index (χ4n) is 2.61. The summed E-state index contributed by atoms with van der Waals surface area (Å²) in [5.74, 6) is -0.669. The summed E-state index contributed by atoms with van der Waals surface area (Å²) in [5.41, 5.74) is 4.53. The number of halogens is 1. The molecule has 1 aromatic carbocycles. The summed E-state index contributed by atoms with van der Waals surface area (Å²) in [4.78, 5) is 11.6. The average molecular weight is 256 g/mol. The van der Waals surface area contributed by atoms with E-state index in [0.717, 1.165) is 25.7 Å². The zero-order chi connectivity index (χ0) is 11.6. The van der Waals surface area contributed by atoms with E-state index in [4.69, 9.17) is 5.73 Å². The maximum Gasteiger partial charge on any atom is 0.254 e. The molecule has 0 aliphatic heterocycles. The van der Waals surface area contributed by atoms with Crippen LogP contribution in [0.5, 0.6) is 0 Å². The molecule has 0 saturated heterocycles. The summed E-state index contributed by atoms with van der Waals surface area (Å²) in [7, 11) is 0. The van der Waals surface area contributed by atoms with E-state index in [2.05, 4.69) is 0 Å². The van der Waals surface area contributed by atoms with Gasteiger partial charge < -0.3 is 10.8 Å². The van der Waals surface area contributed by atoms with Crippen LogP contribution in [0.3, 0.4) is 0 Å². The van der Waals surface area contributed by atoms with Crippen molar-refractivity contribution >= 4 is 18.3 Å². The predicted molar refractivity (Wildman–Crippen MR) is 68.7 cm³/mol. The molecule has 1 aliphatic rings. The third-order valence-corrected chi connectivity index (χ3v) is 3.54. The molecular formula is C13H18ClNO2. The Morgan fingerprint density at radius 2 is 1.76 bits per heavy atom. The molecule has 1 saturated carbocycles. The Kier molecular flexibility index (Phi) is 4.54. The molecule has 3 N–H and O–H groups in total. The molecule has 0 heterocycles. The Labute approximate surface area is 107 Å². The van der Waals surface area contributed by atoms with Crippen molar-refractivity contribution in [1.29, 1.82) is 0 Å². The van der Waals surface area contributed by atoms with Crippen LogP contribution < -0.4 is 5.73 Å². The van der Waals surface area contributed by atoms with Crippen molar-refractivity contribution in [3.63, 3.8) is 0 Å². The highest BCUT2D eigenvalue weighted by Gasteiger charge is 2.44. The standard InChI is InChI=1S/C13H17NO2.ClH/c14-12(15)13(16,11-8-4-5-9-11)10-6-2-1-3-7-10;/h1-3,6-7,11,16H,4-5,8-9H2,(H2,14,15);1H. The summed E-state index contributed by atoms with van der Waals surface area (Å²) >= 11 is 0. The molecule has 2 rings (SSSR count). The van der Waals surface area contributed by atoms with Crippen molar-refractivity contribution in [3.8, 4) is 0 Å². The van der Waals surface area contributed by atoms with E-state index >= 15 is 0 Å². The largest absolute Gasteiger partial charge is 0.375 e. The number of nitrogens with two attached hydrogens (primary N) is 1. The quantitative estimate of drug-likeness (QED) is 0.867. The van der Waals surface area contributed by atoms with Gasteiger partial charge in [-0.1, -0.05) is 43.2 Å². The molecular weight excluding hydrogens is 238 g/mol. The molecule has 3 nitrogen and oxygen atoms in total. The van der Waals surface area contributed by atoms with Gasteiger partial charge in [-0.15, -0.1) is 12.4 Å². The van der Waals surface area contributed by atoms with Gasteiger partial charge in [0.1, 0.15) is 0 Å². The number of carbonyl (C=O) groups is 1. The van der Waals surface area contributed by atoms with E-state index in [1.807, 2.05) is 18.2 Å². The van der Waals surface area contributed by atoms with Crippen LogP contribution >= 0.6 is 12.4 Å². The first kappa shape index (κ1) is 14.0. The fourth-order valence-corrected chi connectivity index (χ4v) is 2.61. The summed E-state index contributed by atoms with van der Waals surface area (Å²) in [6, 6.07) is 9.03. The van der Waals surface area contributed by atoms with Crippen molar-refractivity contribution < 1.29 is 9.90 Å². The SMILES string of the molecule is Cl.NC(=O)C(O)(c1ccccc1)C1CCCC1. The summed E-state index contributed by atoms with van der Waals surface area (Å²) in [6.45, 7) is 0. The highest BCUT2D eigenvalue weighted by atomic mass is 35.5. The lowest BCUT2D eigenvalue weighted by molar-refractivity contribution is -0.143. The maximum atomic E-state index is 11.6. The normalized spacial score (nSPS) is 19.4. The number of aliphatic hydroxyl groups is 1. The number of rotatable bonds is 3. The minimum Gasteiger partial charge on any atom is -0.375 e. The zero-order valence-corrected chi connectivity index (χ0v) is 10.5. The minimum absolute atomic E-state index is 0. The van der Waals surface area contributed by atoms with Crippen molar-refractivity contribution in [1.82, 2.24) is 0 Å². The molecule has 0 spiro atoms. The Balaban J connectivity index is 0.00000144. The van der Waals surface area contributed by atoms with Gasteiger partial charge in [-0.05, 0) is 18.4 Å². The molecule has 1 amide bonds. The van der Waals surface area contributed by atoms with E-state index < -0.39 is 11.5 Å². The van der Waals surface area contributed by atoms with Gasteiger partial charge in [0.2, 0.25) is 0 Å². The van der Waals surface area contributed by atoms with E-state index in [9.17, 15) is 9.90 Å². The Bertz CT molecular complexity index is 376. The molecule has 1 aromatic rings. The molecule has 17 heavy (non-hydrogen) atoms. The van der Waals surface area contributed by atoms with Gasteiger partial charge in [0.05, 0.1) is 0 Å². The molecule has 0 bridgehead atoms. The van der Waals surface area contributed by atoms with Gasteiger partial charge >= 0.3 is 0 Å². The number of benzene rings is 1. The van der Waals surface area contributed by atoms with Crippen molar-refractivity contribution in [3.05, 3.63) is 35.9 Å². The first-order valence-corrected chi connectivity index (χ1v) is 5.73. The first-order chi connectivity index (χ1) is 7.65. The molecule has 1 aliphatic carbocycles. The lowest BCUT2D eigenvalue weighted by Crippen LogP contribution is -2.46. The summed E-state index contributed by atoms with van der Waals surface area (Å²) in [5, 5.41) is 10.6. The second-order valence-corrected chi connectivity index (χ2v) is 4.48. The number of primary amides is 1. The Morgan fingerprint density at radius 1 is 1.24 bits per heavy atom. The van der Waals surface area contributed by atoms with E-state index in [1.54, 1.807) is 12.1 Å². The van der Waals surface area contributed by atoms with Crippen LogP contribution in [-0.4, -0.2) is 11.0 Å². The second kappa shape index (κ2) is 5.52. The monoisotopic (exact) mass is 255 g/mol. The molecule has 0 radical (unpaired) electrons. The van der Waals surface area contributed by atoms with Crippen LogP contribution in [0.1, 0.15) is 31.2 Å². The average Bonchev–Trinajstić information content (AvgIpc) is 2.82. The summed E-state index contributed by atoms with van der Waals surface area (Å²) in [6.07, 6.45) is 3.86.